The lowest BCUT2D eigenvalue weighted by molar-refractivity contribution is -0.132. The highest BCUT2D eigenvalue weighted by molar-refractivity contribution is 6.51. The first-order valence-electron chi connectivity index (χ1n) is 11.8. The molecule has 1 unspecified atom stereocenters. The summed E-state index contributed by atoms with van der Waals surface area (Å²) in [5, 5.41) is 11.7. The average Bonchev–Trinajstić information content (AvgIpc) is 3.12. The van der Waals surface area contributed by atoms with Crippen LogP contribution in [-0.2, 0) is 9.59 Å². The Bertz CT molecular complexity index is 1360. The van der Waals surface area contributed by atoms with Gasteiger partial charge in [0.1, 0.15) is 11.5 Å². The van der Waals surface area contributed by atoms with Gasteiger partial charge in [-0.05, 0) is 60.4 Å². The third kappa shape index (κ3) is 5.31. The largest absolute Gasteiger partial charge is 0.507 e. The van der Waals surface area contributed by atoms with Crippen molar-refractivity contribution < 1.29 is 24.2 Å². The predicted octanol–water partition coefficient (Wildman–Crippen LogP) is 6.97. The molecule has 37 heavy (non-hydrogen) atoms. The van der Waals surface area contributed by atoms with E-state index < -0.39 is 17.7 Å². The molecule has 0 saturated carbocycles. The van der Waals surface area contributed by atoms with E-state index in [-0.39, 0.29) is 32.7 Å². The number of methoxy groups -OCH3 is 1. The van der Waals surface area contributed by atoms with Gasteiger partial charge in [0.25, 0.3) is 11.7 Å². The van der Waals surface area contributed by atoms with Crippen LogP contribution < -0.4 is 14.4 Å². The van der Waals surface area contributed by atoms with Gasteiger partial charge < -0.3 is 14.6 Å². The van der Waals surface area contributed by atoms with Crippen molar-refractivity contribution in [2.24, 2.45) is 5.92 Å². The normalized spacial score (nSPS) is 16.9. The van der Waals surface area contributed by atoms with Crippen LogP contribution in [0.2, 0.25) is 10.0 Å². The van der Waals surface area contributed by atoms with E-state index in [1.807, 2.05) is 25.1 Å². The van der Waals surface area contributed by atoms with Crippen LogP contribution in [-0.4, -0.2) is 30.5 Å². The van der Waals surface area contributed by atoms with Crippen LogP contribution >= 0.6 is 23.2 Å². The third-order valence-electron chi connectivity index (χ3n) is 5.98. The number of aliphatic hydroxyl groups is 1. The number of Topliss-reactive ketones (excluding diaryl/α,β-unsaturated/α-hetero) is 1. The number of hydrogen-bond donors (Lipinski definition) is 1. The Balaban J connectivity index is 1.88. The van der Waals surface area contributed by atoms with Gasteiger partial charge in [-0.1, -0.05) is 61.3 Å². The summed E-state index contributed by atoms with van der Waals surface area (Å²) in [4.78, 5) is 28.1. The number of amides is 1. The molecule has 1 amide bonds. The highest BCUT2D eigenvalue weighted by Crippen LogP contribution is 2.44. The predicted molar refractivity (Wildman–Crippen MR) is 146 cm³/mol. The molecule has 1 heterocycles. The fourth-order valence-corrected chi connectivity index (χ4v) is 4.89. The minimum absolute atomic E-state index is 0.0698. The maximum Gasteiger partial charge on any atom is 0.300 e. The number of nitrogens with zero attached hydrogens (tertiary/aromatic N) is 1. The molecule has 1 aliphatic heterocycles. The number of hydrogen-bond acceptors (Lipinski definition) is 5. The van der Waals surface area contributed by atoms with E-state index in [9.17, 15) is 14.7 Å². The van der Waals surface area contributed by atoms with Crippen LogP contribution in [0.25, 0.3) is 5.76 Å². The number of aryl methyl sites for hydroxylation is 1. The van der Waals surface area contributed by atoms with Crippen molar-refractivity contribution in [3.63, 3.8) is 0 Å². The maximum atomic E-state index is 13.4. The first kappa shape index (κ1) is 26.6. The third-order valence-corrected chi connectivity index (χ3v) is 6.54. The smallest absolute Gasteiger partial charge is 0.300 e. The van der Waals surface area contributed by atoms with Crippen LogP contribution in [0.1, 0.15) is 36.6 Å². The summed E-state index contributed by atoms with van der Waals surface area (Å²) < 4.78 is 11.0. The van der Waals surface area contributed by atoms with Gasteiger partial charge in [0.15, 0.2) is 5.75 Å². The molecule has 1 aliphatic rings. The number of anilines is 1. The summed E-state index contributed by atoms with van der Waals surface area (Å²) in [5.41, 5.74) is 2.21. The zero-order valence-electron chi connectivity index (χ0n) is 20.9. The summed E-state index contributed by atoms with van der Waals surface area (Å²) in [5.74, 6) is -0.677. The van der Waals surface area contributed by atoms with Gasteiger partial charge in [-0.2, -0.15) is 0 Å². The lowest BCUT2D eigenvalue weighted by Crippen LogP contribution is -2.29. The molecule has 3 aromatic rings. The number of benzene rings is 3. The van der Waals surface area contributed by atoms with Gasteiger partial charge in [0, 0.05) is 11.3 Å². The van der Waals surface area contributed by atoms with Gasteiger partial charge in [-0.25, -0.2) is 0 Å². The Morgan fingerprint density at radius 1 is 1.03 bits per heavy atom. The monoisotopic (exact) mass is 539 g/mol. The zero-order chi connectivity index (χ0) is 26.9. The molecule has 1 fully saturated rings. The van der Waals surface area contributed by atoms with E-state index in [2.05, 4.69) is 13.8 Å². The van der Waals surface area contributed by atoms with Crippen molar-refractivity contribution >= 4 is 46.3 Å². The Labute approximate surface area is 226 Å². The molecule has 1 saturated heterocycles. The second-order valence-corrected chi connectivity index (χ2v) is 10.1. The standard InChI is InChI=1S/C29H27Cl2NO5/c1-16(2)15-37-21-10-8-18(9-11-21)25-24(26(33)19-13-22(30)28(36-4)23(31)14-19)27(34)29(35)32(25)20-7-5-6-17(3)12-20/h5-14,16,25,33H,15H2,1-4H3/b26-24+. The molecule has 0 bridgehead atoms. The number of aliphatic hydroxyl groups excluding tert-OH is 1. The highest BCUT2D eigenvalue weighted by atomic mass is 35.5. The summed E-state index contributed by atoms with van der Waals surface area (Å²) >= 11 is 12.6. The van der Waals surface area contributed by atoms with E-state index in [0.717, 1.165) is 5.56 Å². The van der Waals surface area contributed by atoms with Gasteiger partial charge in [0.05, 0.1) is 35.4 Å². The quantitative estimate of drug-likeness (QED) is 0.199. The van der Waals surface area contributed by atoms with E-state index in [4.69, 9.17) is 32.7 Å². The topological polar surface area (TPSA) is 76.1 Å². The lowest BCUT2D eigenvalue weighted by atomic mass is 9.95. The maximum absolute atomic E-state index is 13.4. The minimum atomic E-state index is -0.888. The van der Waals surface area contributed by atoms with Crippen LogP contribution in [0.4, 0.5) is 5.69 Å². The Morgan fingerprint density at radius 3 is 2.24 bits per heavy atom. The van der Waals surface area contributed by atoms with Crippen LogP contribution in [0.15, 0.2) is 66.2 Å². The molecule has 0 radical (unpaired) electrons. The van der Waals surface area contributed by atoms with Crippen molar-refractivity contribution in [1.82, 2.24) is 0 Å². The summed E-state index contributed by atoms with van der Waals surface area (Å²) in [6.45, 7) is 6.57. The molecule has 3 aromatic carbocycles. The van der Waals surface area contributed by atoms with E-state index in [1.165, 1.54) is 24.1 Å². The van der Waals surface area contributed by atoms with Gasteiger partial charge in [0.2, 0.25) is 0 Å². The molecular weight excluding hydrogens is 513 g/mol. The fourth-order valence-electron chi connectivity index (χ4n) is 4.25. The second-order valence-electron chi connectivity index (χ2n) is 9.26. The van der Waals surface area contributed by atoms with E-state index in [1.54, 1.807) is 30.3 Å². The Hall–Kier alpha value is -3.48. The molecule has 8 heteroatoms. The molecule has 192 valence electrons. The molecule has 0 aromatic heterocycles. The molecule has 1 N–H and O–H groups in total. The number of rotatable bonds is 7. The van der Waals surface area contributed by atoms with Gasteiger partial charge in [-0.15, -0.1) is 0 Å². The molecule has 1 atom stereocenters. The molecule has 0 aliphatic carbocycles. The SMILES string of the molecule is COc1c(Cl)cc(/C(O)=C2\C(=O)C(=O)N(c3cccc(C)c3)C2c2ccc(OCC(C)C)cc2)cc1Cl. The number of ether oxygens (including phenoxy) is 2. The highest BCUT2D eigenvalue weighted by Gasteiger charge is 2.47. The number of carbonyl (C=O) groups is 2. The molecule has 6 nitrogen and oxygen atoms in total. The minimum Gasteiger partial charge on any atom is -0.507 e. The summed E-state index contributed by atoms with van der Waals surface area (Å²) in [6, 6.07) is 16.4. The summed E-state index contributed by atoms with van der Waals surface area (Å²) in [6.07, 6.45) is 0. The average molecular weight is 540 g/mol. The first-order valence-corrected chi connectivity index (χ1v) is 12.5. The lowest BCUT2D eigenvalue weighted by Gasteiger charge is -2.26. The van der Waals surface area contributed by atoms with Crippen LogP contribution in [0, 0.1) is 12.8 Å². The van der Waals surface area contributed by atoms with Crippen molar-refractivity contribution in [3.05, 3.63) is 93.0 Å². The number of ketones is 1. The second kappa shape index (κ2) is 10.9. The van der Waals surface area contributed by atoms with Crippen LogP contribution in [0.5, 0.6) is 11.5 Å². The van der Waals surface area contributed by atoms with Gasteiger partial charge >= 0.3 is 0 Å². The number of halogens is 2. The first-order chi connectivity index (χ1) is 17.6. The van der Waals surface area contributed by atoms with Crippen molar-refractivity contribution in [2.75, 3.05) is 18.6 Å². The van der Waals surface area contributed by atoms with E-state index >= 15 is 0 Å². The van der Waals surface area contributed by atoms with Crippen molar-refractivity contribution in [2.45, 2.75) is 26.8 Å². The zero-order valence-corrected chi connectivity index (χ0v) is 22.4. The molecule has 0 spiro atoms. The van der Waals surface area contributed by atoms with Crippen molar-refractivity contribution in [3.8, 4) is 11.5 Å². The van der Waals surface area contributed by atoms with E-state index in [0.29, 0.717) is 29.5 Å². The van der Waals surface area contributed by atoms with Crippen molar-refractivity contribution in [1.29, 1.82) is 0 Å². The fraction of sp³-hybridized carbons (Fsp3) is 0.241. The summed E-state index contributed by atoms with van der Waals surface area (Å²) in [7, 11) is 1.43. The number of carbonyl (C=O) groups excluding carboxylic acids is 2. The molecular formula is C29H27Cl2NO5. The Kier molecular flexibility index (Phi) is 7.81. The molecule has 4 rings (SSSR count). The van der Waals surface area contributed by atoms with Crippen LogP contribution in [0.3, 0.4) is 0 Å². The Morgan fingerprint density at radius 2 is 1.68 bits per heavy atom. The van der Waals surface area contributed by atoms with Gasteiger partial charge in [-0.3, -0.25) is 14.5 Å².